The number of rotatable bonds is 3. The van der Waals surface area contributed by atoms with Gasteiger partial charge in [-0.3, -0.25) is 0 Å². The third kappa shape index (κ3) is 2.13. The van der Waals surface area contributed by atoms with E-state index in [1.165, 1.54) is 7.11 Å². The number of methoxy groups -OCH3 is 1. The number of nitrogens with two attached hydrogens (primary N) is 1. The van der Waals surface area contributed by atoms with Crippen LogP contribution in [-0.2, 0) is 0 Å². The molecule has 1 aromatic carbocycles. The topological polar surface area (TPSA) is 75.7 Å². The van der Waals surface area contributed by atoms with Crippen LogP contribution in [0.1, 0.15) is 29.7 Å². The number of ether oxygens (including phenoxy) is 1. The lowest BCUT2D eigenvalue weighted by Crippen LogP contribution is -2.25. The number of aromatic hydroxyl groups is 1. The van der Waals surface area contributed by atoms with Crippen molar-refractivity contribution in [3.8, 4) is 11.5 Å². The Morgan fingerprint density at radius 2 is 1.94 bits per heavy atom. The summed E-state index contributed by atoms with van der Waals surface area (Å²) in [7, 11) is 1.51. The summed E-state index contributed by atoms with van der Waals surface area (Å²) in [6.07, 6.45) is -0.798. The first-order valence-corrected chi connectivity index (χ1v) is 5.20. The average molecular weight is 225 g/mol. The molecule has 1 aromatic rings. The zero-order valence-corrected chi connectivity index (χ0v) is 10.1. The van der Waals surface area contributed by atoms with Crippen molar-refractivity contribution in [1.29, 1.82) is 0 Å². The molecule has 0 fully saturated rings. The smallest absolute Gasteiger partial charge is 0.131 e. The predicted molar refractivity (Wildman–Crippen MR) is 62.7 cm³/mol. The molecule has 16 heavy (non-hydrogen) atoms. The van der Waals surface area contributed by atoms with Crippen molar-refractivity contribution in [3.63, 3.8) is 0 Å². The summed E-state index contributed by atoms with van der Waals surface area (Å²) < 4.78 is 5.21. The summed E-state index contributed by atoms with van der Waals surface area (Å²) in [5, 5.41) is 19.7. The molecule has 0 bridgehead atoms. The highest BCUT2D eigenvalue weighted by Crippen LogP contribution is 2.37. The largest absolute Gasteiger partial charge is 0.507 e. The lowest BCUT2D eigenvalue weighted by atomic mass is 9.97. The van der Waals surface area contributed by atoms with Crippen molar-refractivity contribution in [2.75, 3.05) is 7.11 Å². The van der Waals surface area contributed by atoms with E-state index in [0.29, 0.717) is 22.4 Å². The Hall–Kier alpha value is -1.26. The third-order valence-corrected chi connectivity index (χ3v) is 2.72. The minimum absolute atomic E-state index is 0.192. The number of phenolic OH excluding ortho intramolecular Hbond substituents is 1. The van der Waals surface area contributed by atoms with E-state index >= 15 is 0 Å². The Morgan fingerprint density at radius 3 is 2.38 bits per heavy atom. The maximum Gasteiger partial charge on any atom is 0.131 e. The molecular weight excluding hydrogens is 206 g/mol. The van der Waals surface area contributed by atoms with Crippen molar-refractivity contribution in [3.05, 3.63) is 22.8 Å². The first-order chi connectivity index (χ1) is 7.40. The maximum atomic E-state index is 9.96. The Morgan fingerprint density at radius 1 is 1.38 bits per heavy atom. The maximum absolute atomic E-state index is 9.96. The van der Waals surface area contributed by atoms with E-state index in [1.54, 1.807) is 26.8 Å². The molecule has 1 rings (SSSR count). The Bertz CT molecular complexity index is 388. The molecule has 0 aliphatic carbocycles. The minimum atomic E-state index is -0.798. The van der Waals surface area contributed by atoms with Crippen molar-refractivity contribution >= 4 is 0 Å². The SMILES string of the molecule is COc1c(C(O)C(C)N)cc(C)c(O)c1C. The molecule has 2 atom stereocenters. The molecule has 90 valence electrons. The van der Waals surface area contributed by atoms with Crippen molar-refractivity contribution in [2.45, 2.75) is 32.9 Å². The van der Waals surface area contributed by atoms with Gasteiger partial charge in [0.15, 0.2) is 0 Å². The predicted octanol–water partition coefficient (Wildman–Crippen LogP) is 1.40. The van der Waals surface area contributed by atoms with E-state index in [2.05, 4.69) is 0 Å². The molecular formula is C12H19NO3. The minimum Gasteiger partial charge on any atom is -0.507 e. The van der Waals surface area contributed by atoms with E-state index in [4.69, 9.17) is 10.5 Å². The summed E-state index contributed by atoms with van der Waals surface area (Å²) in [6, 6.07) is 1.31. The van der Waals surface area contributed by atoms with Gasteiger partial charge >= 0.3 is 0 Å². The summed E-state index contributed by atoms with van der Waals surface area (Å²) in [6.45, 7) is 5.25. The zero-order chi connectivity index (χ0) is 12.5. The number of aliphatic hydroxyl groups excluding tert-OH is 1. The van der Waals surface area contributed by atoms with E-state index in [1.807, 2.05) is 0 Å². The van der Waals surface area contributed by atoms with E-state index in [0.717, 1.165) is 0 Å². The highest BCUT2D eigenvalue weighted by molar-refractivity contribution is 5.53. The number of benzene rings is 1. The summed E-state index contributed by atoms with van der Waals surface area (Å²) in [5.74, 6) is 0.686. The standard InChI is InChI=1S/C12H19NO3/c1-6-5-9(11(15)8(3)13)12(16-4)7(2)10(6)14/h5,8,11,14-15H,13H2,1-4H3. The molecule has 0 saturated heterocycles. The van der Waals surface area contributed by atoms with Gasteiger partial charge in [-0.2, -0.15) is 0 Å². The summed E-state index contributed by atoms with van der Waals surface area (Å²) in [4.78, 5) is 0. The van der Waals surface area contributed by atoms with Gasteiger partial charge in [0.25, 0.3) is 0 Å². The van der Waals surface area contributed by atoms with Gasteiger partial charge in [0.1, 0.15) is 11.5 Å². The average Bonchev–Trinajstić information content (AvgIpc) is 2.24. The van der Waals surface area contributed by atoms with Gasteiger partial charge in [-0.15, -0.1) is 0 Å². The summed E-state index contributed by atoms with van der Waals surface area (Å²) in [5.41, 5.74) is 7.60. The van der Waals surface area contributed by atoms with Crippen LogP contribution >= 0.6 is 0 Å². The first-order valence-electron chi connectivity index (χ1n) is 5.20. The number of aliphatic hydroxyl groups is 1. The number of hydrogen-bond donors (Lipinski definition) is 3. The molecule has 0 heterocycles. The fourth-order valence-electron chi connectivity index (χ4n) is 1.76. The second-order valence-electron chi connectivity index (χ2n) is 4.09. The quantitative estimate of drug-likeness (QED) is 0.726. The number of phenols is 1. The summed E-state index contributed by atoms with van der Waals surface area (Å²) >= 11 is 0. The normalized spacial score (nSPS) is 14.6. The molecule has 2 unspecified atom stereocenters. The van der Waals surface area contributed by atoms with Gasteiger partial charge in [-0.25, -0.2) is 0 Å². The number of aryl methyl sites for hydroxylation is 1. The van der Waals surface area contributed by atoms with E-state index in [9.17, 15) is 10.2 Å². The molecule has 0 saturated carbocycles. The fraction of sp³-hybridized carbons (Fsp3) is 0.500. The molecule has 0 aromatic heterocycles. The van der Waals surface area contributed by atoms with Crippen LogP contribution in [0.15, 0.2) is 6.07 Å². The monoisotopic (exact) mass is 225 g/mol. The highest BCUT2D eigenvalue weighted by atomic mass is 16.5. The Kier molecular flexibility index (Phi) is 3.78. The van der Waals surface area contributed by atoms with Crippen LogP contribution in [0.25, 0.3) is 0 Å². The zero-order valence-electron chi connectivity index (χ0n) is 10.1. The van der Waals surface area contributed by atoms with Crippen LogP contribution < -0.4 is 10.5 Å². The second kappa shape index (κ2) is 4.72. The third-order valence-electron chi connectivity index (χ3n) is 2.72. The second-order valence-corrected chi connectivity index (χ2v) is 4.09. The Labute approximate surface area is 95.7 Å². The number of hydrogen-bond acceptors (Lipinski definition) is 4. The van der Waals surface area contributed by atoms with E-state index in [-0.39, 0.29) is 5.75 Å². The van der Waals surface area contributed by atoms with Gasteiger partial charge in [0, 0.05) is 17.2 Å². The first kappa shape index (κ1) is 12.8. The van der Waals surface area contributed by atoms with Crippen LogP contribution in [0.2, 0.25) is 0 Å². The van der Waals surface area contributed by atoms with Crippen LogP contribution in [0.4, 0.5) is 0 Å². The van der Waals surface area contributed by atoms with Crippen LogP contribution in [0, 0.1) is 13.8 Å². The van der Waals surface area contributed by atoms with Crippen molar-refractivity contribution in [2.24, 2.45) is 5.73 Å². The fourth-order valence-corrected chi connectivity index (χ4v) is 1.76. The molecule has 4 heteroatoms. The molecule has 4 nitrogen and oxygen atoms in total. The Balaban J connectivity index is 3.38. The van der Waals surface area contributed by atoms with Crippen LogP contribution in [-0.4, -0.2) is 23.4 Å². The highest BCUT2D eigenvalue weighted by Gasteiger charge is 2.21. The molecule has 4 N–H and O–H groups in total. The molecule has 0 aliphatic rings. The lowest BCUT2D eigenvalue weighted by Gasteiger charge is -2.21. The molecule has 0 spiro atoms. The van der Waals surface area contributed by atoms with Gasteiger partial charge < -0.3 is 20.7 Å². The lowest BCUT2D eigenvalue weighted by molar-refractivity contribution is 0.149. The van der Waals surface area contributed by atoms with Crippen LogP contribution in [0.5, 0.6) is 11.5 Å². The van der Waals surface area contributed by atoms with E-state index < -0.39 is 12.1 Å². The molecule has 0 radical (unpaired) electrons. The molecule has 0 amide bonds. The van der Waals surface area contributed by atoms with Gasteiger partial charge in [0.2, 0.25) is 0 Å². The van der Waals surface area contributed by atoms with Gasteiger partial charge in [-0.05, 0) is 32.4 Å². The van der Waals surface area contributed by atoms with Gasteiger partial charge in [-0.1, -0.05) is 0 Å². The van der Waals surface area contributed by atoms with Crippen molar-refractivity contribution in [1.82, 2.24) is 0 Å². The van der Waals surface area contributed by atoms with Crippen LogP contribution in [0.3, 0.4) is 0 Å². The van der Waals surface area contributed by atoms with Gasteiger partial charge in [0.05, 0.1) is 13.2 Å². The van der Waals surface area contributed by atoms with Crippen molar-refractivity contribution < 1.29 is 14.9 Å². The molecule has 0 aliphatic heterocycles.